The average Bonchev–Trinajstić information content (AvgIpc) is 2.58. The van der Waals surface area contributed by atoms with Crippen LogP contribution in [-0.2, 0) is 4.79 Å². The Hall–Kier alpha value is -1.35. The molecule has 1 aliphatic carbocycles. The van der Waals surface area contributed by atoms with Crippen molar-refractivity contribution in [3.05, 3.63) is 41.0 Å². The molecule has 1 aliphatic heterocycles. The zero-order valence-electron chi connectivity index (χ0n) is 10.6. The second-order valence-electron chi connectivity index (χ2n) is 5.39. The zero-order chi connectivity index (χ0) is 13.1. The molecule has 2 aliphatic rings. The quantitative estimate of drug-likeness (QED) is 0.669. The molecule has 92 valence electrons. The van der Waals surface area contributed by atoms with Crippen molar-refractivity contribution in [2.75, 3.05) is 0 Å². The van der Waals surface area contributed by atoms with Crippen molar-refractivity contribution in [3.8, 4) is 0 Å². The molecule has 0 saturated heterocycles. The van der Waals surface area contributed by atoms with E-state index in [2.05, 4.69) is 6.92 Å². The second kappa shape index (κ2) is 3.58. The van der Waals surface area contributed by atoms with Gasteiger partial charge in [-0.15, -0.1) is 11.8 Å². The number of thioether (sulfide) groups is 1. The van der Waals surface area contributed by atoms with Gasteiger partial charge in [0.05, 0.1) is 0 Å². The van der Waals surface area contributed by atoms with Gasteiger partial charge >= 0.3 is 0 Å². The highest BCUT2D eigenvalue weighted by atomic mass is 32.2. The molecule has 1 aromatic rings. The van der Waals surface area contributed by atoms with Crippen LogP contribution in [0.3, 0.4) is 0 Å². The Labute approximate surface area is 110 Å². The van der Waals surface area contributed by atoms with Gasteiger partial charge < -0.3 is 0 Å². The summed E-state index contributed by atoms with van der Waals surface area (Å²) >= 11 is 1.71. The molecule has 0 bridgehead atoms. The van der Waals surface area contributed by atoms with Crippen molar-refractivity contribution in [1.82, 2.24) is 0 Å². The van der Waals surface area contributed by atoms with E-state index in [1.165, 1.54) is 0 Å². The number of Topliss-reactive ketones (excluding diaryl/α,β-unsaturated/α-hetero) is 2. The molecule has 1 atom stereocenters. The molecule has 0 amide bonds. The van der Waals surface area contributed by atoms with E-state index in [-0.39, 0.29) is 17.0 Å². The third-order valence-electron chi connectivity index (χ3n) is 4.03. The van der Waals surface area contributed by atoms with Crippen LogP contribution in [0.2, 0.25) is 0 Å². The number of carbonyl (C=O) groups excluding carboxylic acids is 2. The van der Waals surface area contributed by atoms with Gasteiger partial charge in [-0.25, -0.2) is 0 Å². The SMILES string of the molecule is CC1SC2=C(C(=O)C(=O)c3ccccc32)C1(C)C. The molecule has 0 radical (unpaired) electrons. The lowest BCUT2D eigenvalue weighted by molar-refractivity contribution is -0.112. The van der Waals surface area contributed by atoms with Crippen LogP contribution in [0.15, 0.2) is 29.8 Å². The number of rotatable bonds is 0. The van der Waals surface area contributed by atoms with Crippen molar-refractivity contribution in [2.24, 2.45) is 5.41 Å². The Morgan fingerprint density at radius 3 is 2.33 bits per heavy atom. The molecule has 0 spiro atoms. The Bertz CT molecular complexity index is 611. The fourth-order valence-electron chi connectivity index (χ4n) is 2.59. The number of allylic oxidation sites excluding steroid dienone is 1. The van der Waals surface area contributed by atoms with Gasteiger partial charge in [0.15, 0.2) is 0 Å². The van der Waals surface area contributed by atoms with Gasteiger partial charge in [0, 0.05) is 26.7 Å². The molecule has 1 unspecified atom stereocenters. The third kappa shape index (κ3) is 1.31. The first kappa shape index (κ1) is 11.7. The molecule has 2 nitrogen and oxygen atoms in total. The monoisotopic (exact) mass is 258 g/mol. The topological polar surface area (TPSA) is 34.1 Å². The predicted octanol–water partition coefficient (Wildman–Crippen LogP) is 3.32. The highest BCUT2D eigenvalue weighted by molar-refractivity contribution is 8.09. The molecule has 1 aromatic carbocycles. The summed E-state index contributed by atoms with van der Waals surface area (Å²) in [6.45, 7) is 6.21. The summed E-state index contributed by atoms with van der Waals surface area (Å²) in [5.41, 5.74) is 1.96. The summed E-state index contributed by atoms with van der Waals surface area (Å²) in [5.74, 6) is -0.669. The normalized spacial score (nSPS) is 25.2. The first-order chi connectivity index (χ1) is 8.44. The van der Waals surface area contributed by atoms with Crippen LogP contribution in [-0.4, -0.2) is 16.8 Å². The standard InChI is InChI=1S/C15H14O2S/c1-8-15(2,3)11-13(17)12(16)9-6-4-5-7-10(9)14(11)18-8/h4-8H,1-3H3. The van der Waals surface area contributed by atoms with E-state index in [0.29, 0.717) is 16.4 Å². The summed E-state index contributed by atoms with van der Waals surface area (Å²) in [6, 6.07) is 7.42. The van der Waals surface area contributed by atoms with Crippen LogP contribution < -0.4 is 0 Å². The fourth-order valence-corrected chi connectivity index (χ4v) is 4.13. The Morgan fingerprint density at radius 2 is 1.67 bits per heavy atom. The maximum atomic E-state index is 12.3. The number of benzene rings is 1. The van der Waals surface area contributed by atoms with Crippen LogP contribution in [0.25, 0.3) is 4.91 Å². The van der Waals surface area contributed by atoms with Gasteiger partial charge in [-0.05, 0) is 5.56 Å². The van der Waals surface area contributed by atoms with Gasteiger partial charge in [0.25, 0.3) is 0 Å². The number of hydrogen-bond donors (Lipinski definition) is 0. The summed E-state index contributed by atoms with van der Waals surface area (Å²) in [4.78, 5) is 25.5. The number of ketones is 2. The minimum Gasteiger partial charge on any atom is -0.285 e. The van der Waals surface area contributed by atoms with Crippen molar-refractivity contribution in [2.45, 2.75) is 26.0 Å². The number of fused-ring (bicyclic) bond motifs is 2. The smallest absolute Gasteiger partial charge is 0.233 e. The van der Waals surface area contributed by atoms with Gasteiger partial charge in [0.2, 0.25) is 11.6 Å². The molecule has 3 heteroatoms. The summed E-state index contributed by atoms with van der Waals surface area (Å²) in [6.07, 6.45) is 0. The van der Waals surface area contributed by atoms with E-state index < -0.39 is 0 Å². The molecule has 0 N–H and O–H groups in total. The second-order valence-corrected chi connectivity index (χ2v) is 6.74. The van der Waals surface area contributed by atoms with Crippen LogP contribution in [0.5, 0.6) is 0 Å². The fraction of sp³-hybridized carbons (Fsp3) is 0.333. The number of hydrogen-bond acceptors (Lipinski definition) is 3. The van der Waals surface area contributed by atoms with Crippen molar-refractivity contribution >= 4 is 28.2 Å². The van der Waals surface area contributed by atoms with Crippen molar-refractivity contribution in [1.29, 1.82) is 0 Å². The lowest BCUT2D eigenvalue weighted by Gasteiger charge is -2.26. The zero-order valence-corrected chi connectivity index (χ0v) is 11.4. The van der Waals surface area contributed by atoms with Crippen molar-refractivity contribution < 1.29 is 9.59 Å². The molecule has 0 saturated carbocycles. The molecule has 1 heterocycles. The molecular formula is C15H14O2S. The first-order valence-electron chi connectivity index (χ1n) is 6.04. The maximum absolute atomic E-state index is 12.3. The van der Waals surface area contributed by atoms with E-state index in [1.807, 2.05) is 32.0 Å². The highest BCUT2D eigenvalue weighted by Crippen LogP contribution is 2.56. The Balaban J connectivity index is 2.32. The van der Waals surface area contributed by atoms with Crippen LogP contribution in [0.4, 0.5) is 0 Å². The lowest BCUT2D eigenvalue weighted by Crippen LogP contribution is -2.32. The molecule has 18 heavy (non-hydrogen) atoms. The first-order valence-corrected chi connectivity index (χ1v) is 6.92. The predicted molar refractivity (Wildman–Crippen MR) is 73.5 cm³/mol. The molecule has 0 fully saturated rings. The van der Waals surface area contributed by atoms with Crippen molar-refractivity contribution in [3.63, 3.8) is 0 Å². The van der Waals surface area contributed by atoms with E-state index in [9.17, 15) is 9.59 Å². The van der Waals surface area contributed by atoms with Gasteiger partial charge in [-0.1, -0.05) is 45.0 Å². The van der Waals surface area contributed by atoms with E-state index in [0.717, 1.165) is 10.5 Å². The average molecular weight is 258 g/mol. The van der Waals surface area contributed by atoms with Crippen LogP contribution >= 0.6 is 11.8 Å². The van der Waals surface area contributed by atoms with Crippen LogP contribution in [0.1, 0.15) is 36.7 Å². The highest BCUT2D eigenvalue weighted by Gasteiger charge is 2.48. The summed E-state index contributed by atoms with van der Waals surface area (Å²) < 4.78 is 0. The van der Waals surface area contributed by atoms with Gasteiger partial charge in [-0.3, -0.25) is 9.59 Å². The third-order valence-corrected chi connectivity index (χ3v) is 5.63. The lowest BCUT2D eigenvalue weighted by atomic mass is 9.74. The van der Waals surface area contributed by atoms with Gasteiger partial charge in [0.1, 0.15) is 0 Å². The van der Waals surface area contributed by atoms with Gasteiger partial charge in [-0.2, -0.15) is 0 Å². The molecular weight excluding hydrogens is 244 g/mol. The summed E-state index contributed by atoms with van der Waals surface area (Å²) in [7, 11) is 0. The minimum atomic E-state index is -0.355. The Morgan fingerprint density at radius 1 is 1.06 bits per heavy atom. The number of carbonyl (C=O) groups is 2. The Kier molecular flexibility index (Phi) is 2.33. The minimum absolute atomic E-state index is 0.236. The van der Waals surface area contributed by atoms with E-state index in [4.69, 9.17) is 0 Å². The summed E-state index contributed by atoms with van der Waals surface area (Å²) in [5, 5.41) is 0.311. The van der Waals surface area contributed by atoms with Crippen LogP contribution in [0, 0.1) is 5.41 Å². The van der Waals surface area contributed by atoms with E-state index in [1.54, 1.807) is 17.8 Å². The maximum Gasteiger partial charge on any atom is 0.233 e. The molecule has 0 aromatic heterocycles. The molecule has 3 rings (SSSR count). The largest absolute Gasteiger partial charge is 0.285 e. The van der Waals surface area contributed by atoms with E-state index >= 15 is 0 Å².